The lowest BCUT2D eigenvalue weighted by Gasteiger charge is -2.28. The van der Waals surface area contributed by atoms with Crippen LogP contribution in [0, 0.1) is 0 Å². The number of carbonyl (C=O) groups is 1. The van der Waals surface area contributed by atoms with Crippen molar-refractivity contribution in [2.24, 2.45) is 0 Å². The van der Waals surface area contributed by atoms with E-state index in [0.717, 1.165) is 44.8 Å². The zero-order chi connectivity index (χ0) is 24.4. The Labute approximate surface area is 215 Å². The third-order valence-corrected chi connectivity index (χ3v) is 7.89. The molecular weight excluding hydrogens is 450 g/mol. The normalized spacial score (nSPS) is 15.9. The summed E-state index contributed by atoms with van der Waals surface area (Å²) in [5.74, 6) is -0.339. The first kappa shape index (κ1) is 26.2. The van der Waals surface area contributed by atoms with Crippen LogP contribution >= 0.6 is 0 Å². The highest BCUT2D eigenvalue weighted by Gasteiger charge is 2.30. The number of hydrogen-bond donors (Lipinski definition) is 1. The maximum absolute atomic E-state index is 11.8. The molecule has 0 unspecified atom stereocenters. The van der Waals surface area contributed by atoms with Gasteiger partial charge in [0, 0.05) is 62.0 Å². The van der Waals surface area contributed by atoms with Gasteiger partial charge in [0.15, 0.2) is 0 Å². The fraction of sp³-hybridized carbons (Fsp3) is 0.500. The van der Waals surface area contributed by atoms with Crippen LogP contribution in [0.25, 0.3) is 22.2 Å². The van der Waals surface area contributed by atoms with Crippen LogP contribution in [0.5, 0.6) is 0 Å². The summed E-state index contributed by atoms with van der Waals surface area (Å²) in [4.78, 5) is 16.7. The number of hydrogen-bond acceptors (Lipinski definition) is 4. The lowest BCUT2D eigenvalue weighted by molar-refractivity contribution is 0.0697. The molecule has 0 saturated heterocycles. The van der Waals surface area contributed by atoms with Crippen LogP contribution in [0.3, 0.4) is 0 Å². The molecule has 6 nitrogen and oxygen atoms in total. The number of benzene rings is 2. The fourth-order valence-corrected chi connectivity index (χ4v) is 6.01. The van der Waals surface area contributed by atoms with Gasteiger partial charge in [-0.3, -0.25) is 0 Å². The van der Waals surface area contributed by atoms with E-state index < -0.39 is 5.97 Å². The van der Waals surface area contributed by atoms with Crippen molar-refractivity contribution in [3.05, 3.63) is 53.6 Å². The van der Waals surface area contributed by atoms with E-state index in [0.29, 0.717) is 11.5 Å². The van der Waals surface area contributed by atoms with Crippen molar-refractivity contribution in [3.8, 4) is 11.3 Å². The molecule has 0 spiro atoms. The second-order valence-corrected chi connectivity index (χ2v) is 10.1. The molecule has 1 N–H and O–H groups in total. The fourth-order valence-electron chi connectivity index (χ4n) is 6.01. The van der Waals surface area contributed by atoms with Crippen molar-refractivity contribution in [2.75, 3.05) is 51.8 Å². The van der Waals surface area contributed by atoms with E-state index in [4.69, 9.17) is 4.74 Å². The van der Waals surface area contributed by atoms with Gasteiger partial charge in [0.25, 0.3) is 0 Å². The maximum atomic E-state index is 11.8. The van der Waals surface area contributed by atoms with Gasteiger partial charge in [0.05, 0.1) is 17.9 Å². The zero-order valence-electron chi connectivity index (χ0n) is 21.0. The van der Waals surface area contributed by atoms with E-state index in [1.165, 1.54) is 60.0 Å². The highest BCUT2D eigenvalue weighted by molar-refractivity contribution is 5.99. The number of nitrogens with zero attached hydrogens (tertiary/aromatic N) is 3. The van der Waals surface area contributed by atoms with E-state index in [9.17, 15) is 9.90 Å². The van der Waals surface area contributed by atoms with Crippen LogP contribution in [0.1, 0.15) is 61.4 Å². The third kappa shape index (κ3) is 5.02. The van der Waals surface area contributed by atoms with Crippen molar-refractivity contribution in [1.29, 1.82) is 0 Å². The van der Waals surface area contributed by atoms with Gasteiger partial charge in [-0.2, -0.15) is 0 Å². The van der Waals surface area contributed by atoms with Crippen molar-refractivity contribution in [3.63, 3.8) is 0 Å². The number of para-hydroxylation sites is 1. The molecule has 0 amide bonds. The van der Waals surface area contributed by atoms with Crippen LogP contribution < -0.4 is 4.90 Å². The minimum absolute atomic E-state index is 0. The molecule has 1 aliphatic heterocycles. The summed E-state index contributed by atoms with van der Waals surface area (Å²) in [5.41, 5.74) is 6.72. The molecule has 3 aromatic rings. The van der Waals surface area contributed by atoms with E-state index >= 15 is 0 Å². The molecule has 0 bridgehead atoms. The summed E-state index contributed by atoms with van der Waals surface area (Å²) in [6.45, 7) is 5.30. The van der Waals surface area contributed by atoms with E-state index in [1.54, 1.807) is 13.2 Å². The molecule has 2 aromatic carbocycles. The SMILES string of the molecule is C.COCCN(C)CCN1CCn2c(c(C3CCCCC3)c3ccc(C(=O)O)cc32)-c2ccccc21. The first-order chi connectivity index (χ1) is 17.1. The number of carboxylic acid groups (broad SMARTS) is 1. The first-order valence-corrected chi connectivity index (χ1v) is 13.0. The second kappa shape index (κ2) is 11.5. The van der Waals surface area contributed by atoms with E-state index in [-0.39, 0.29) is 7.43 Å². The van der Waals surface area contributed by atoms with Crippen molar-refractivity contribution in [1.82, 2.24) is 9.47 Å². The standard InChI is InChI=1S/C29H37N3O3.CH4/c1-30(18-19-35-2)14-15-31-16-17-32-26-20-22(29(33)34)12-13-23(26)27(21-8-4-3-5-9-21)28(32)24-10-6-7-11-25(24)31;/h6-7,10-13,20-21H,3-5,8-9,14-19H2,1-2H3,(H,33,34);1H4. The molecule has 1 fully saturated rings. The molecule has 0 radical (unpaired) electrons. The number of fused-ring (bicyclic) bond motifs is 5. The Morgan fingerprint density at radius 2 is 1.86 bits per heavy atom. The molecule has 0 atom stereocenters. The third-order valence-electron chi connectivity index (χ3n) is 7.89. The predicted molar refractivity (Wildman–Crippen MR) is 148 cm³/mol. The smallest absolute Gasteiger partial charge is 0.335 e. The molecule has 1 aliphatic carbocycles. The number of carboxylic acids is 1. The summed E-state index contributed by atoms with van der Waals surface area (Å²) in [5, 5.41) is 10.9. The minimum Gasteiger partial charge on any atom is -0.478 e. The Morgan fingerprint density at radius 3 is 2.61 bits per heavy atom. The second-order valence-electron chi connectivity index (χ2n) is 10.1. The minimum atomic E-state index is -0.864. The van der Waals surface area contributed by atoms with Gasteiger partial charge in [-0.05, 0) is 49.6 Å². The molecule has 2 heterocycles. The average Bonchev–Trinajstić information content (AvgIpc) is 3.12. The van der Waals surface area contributed by atoms with E-state index in [1.807, 2.05) is 6.07 Å². The Morgan fingerprint density at radius 1 is 1.08 bits per heavy atom. The molecule has 6 heteroatoms. The number of methoxy groups -OCH3 is 1. The summed E-state index contributed by atoms with van der Waals surface area (Å²) in [6.07, 6.45) is 6.28. The molecule has 1 aromatic heterocycles. The molecule has 5 rings (SSSR count). The number of likely N-dealkylation sites (N-methyl/N-ethyl adjacent to an activating group) is 1. The summed E-state index contributed by atoms with van der Waals surface area (Å²) in [6, 6.07) is 14.5. The molecule has 194 valence electrons. The van der Waals surface area contributed by atoms with Crippen LogP contribution in [-0.4, -0.2) is 67.5 Å². The summed E-state index contributed by atoms with van der Waals surface area (Å²) in [7, 11) is 3.89. The van der Waals surface area contributed by atoms with Crippen molar-refractivity contribution < 1.29 is 14.6 Å². The van der Waals surface area contributed by atoms with Gasteiger partial charge in [0.1, 0.15) is 0 Å². The first-order valence-electron chi connectivity index (χ1n) is 13.0. The van der Waals surface area contributed by atoms with Crippen LogP contribution in [0.4, 0.5) is 5.69 Å². The summed E-state index contributed by atoms with van der Waals surface area (Å²) >= 11 is 0. The Hall–Kier alpha value is -2.83. The van der Waals surface area contributed by atoms with Crippen LogP contribution in [-0.2, 0) is 11.3 Å². The topological polar surface area (TPSA) is 57.9 Å². The number of anilines is 1. The largest absolute Gasteiger partial charge is 0.478 e. The van der Waals surface area contributed by atoms with Crippen molar-refractivity contribution in [2.45, 2.75) is 52.0 Å². The monoisotopic (exact) mass is 491 g/mol. The highest BCUT2D eigenvalue weighted by Crippen LogP contribution is 2.47. The van der Waals surface area contributed by atoms with Gasteiger partial charge in [-0.15, -0.1) is 0 Å². The average molecular weight is 492 g/mol. The quantitative estimate of drug-likeness (QED) is 0.413. The Balaban J connectivity index is 0.00000304. The van der Waals surface area contributed by atoms with Gasteiger partial charge in [0.2, 0.25) is 0 Å². The van der Waals surface area contributed by atoms with Crippen molar-refractivity contribution >= 4 is 22.6 Å². The highest BCUT2D eigenvalue weighted by atomic mass is 16.5. The maximum Gasteiger partial charge on any atom is 0.335 e. The van der Waals surface area contributed by atoms with Crippen LogP contribution in [0.15, 0.2) is 42.5 Å². The van der Waals surface area contributed by atoms with Crippen LogP contribution in [0.2, 0.25) is 0 Å². The summed E-state index contributed by atoms with van der Waals surface area (Å²) < 4.78 is 7.67. The lowest BCUT2D eigenvalue weighted by atomic mass is 9.81. The van der Waals surface area contributed by atoms with E-state index in [2.05, 4.69) is 51.7 Å². The number of aromatic nitrogens is 1. The molecule has 36 heavy (non-hydrogen) atoms. The van der Waals surface area contributed by atoms with Gasteiger partial charge >= 0.3 is 5.97 Å². The van der Waals surface area contributed by atoms with Gasteiger partial charge < -0.3 is 24.2 Å². The number of aromatic carboxylic acids is 1. The number of ether oxygens (including phenoxy) is 1. The predicted octanol–water partition coefficient (Wildman–Crippen LogP) is 6.09. The Bertz CT molecular complexity index is 1200. The number of rotatable bonds is 8. The zero-order valence-corrected chi connectivity index (χ0v) is 21.0. The molecular formula is C30H41N3O3. The van der Waals surface area contributed by atoms with Gasteiger partial charge in [-0.1, -0.05) is 51.0 Å². The van der Waals surface area contributed by atoms with Gasteiger partial charge in [-0.25, -0.2) is 4.79 Å². The Kier molecular flexibility index (Phi) is 8.37. The lowest BCUT2D eigenvalue weighted by Crippen LogP contribution is -2.36. The molecule has 2 aliphatic rings. The molecule has 1 saturated carbocycles.